The highest BCUT2D eigenvalue weighted by Crippen LogP contribution is 2.16. The number of ketones is 1. The minimum Gasteiger partial charge on any atom is -0.370 e. The van der Waals surface area contributed by atoms with Crippen molar-refractivity contribution in [2.75, 3.05) is 18.0 Å². The van der Waals surface area contributed by atoms with Crippen LogP contribution in [0.1, 0.15) is 26.2 Å². The van der Waals surface area contributed by atoms with E-state index in [-0.39, 0.29) is 11.3 Å². The molecule has 0 aromatic carbocycles. The molecule has 0 bridgehead atoms. The van der Waals surface area contributed by atoms with Crippen LogP contribution in [0.4, 0.5) is 5.69 Å². The summed E-state index contributed by atoms with van der Waals surface area (Å²) < 4.78 is 1.35. The maximum absolute atomic E-state index is 11.8. The highest BCUT2D eigenvalue weighted by Gasteiger charge is 2.13. The summed E-state index contributed by atoms with van der Waals surface area (Å²) in [6, 6.07) is 1.61. The summed E-state index contributed by atoms with van der Waals surface area (Å²) in [6.45, 7) is 3.88. The fourth-order valence-electron chi connectivity index (χ4n) is 2.00. The maximum atomic E-state index is 11.8. The van der Waals surface area contributed by atoms with Gasteiger partial charge >= 0.3 is 0 Å². The van der Waals surface area contributed by atoms with Gasteiger partial charge in [-0.2, -0.15) is 5.10 Å². The molecule has 92 valence electrons. The first kappa shape index (κ1) is 11.8. The summed E-state index contributed by atoms with van der Waals surface area (Å²) in [7, 11) is 0. The first-order valence-electron chi connectivity index (χ1n) is 5.98. The third-order valence-electron chi connectivity index (χ3n) is 3.00. The molecule has 1 aromatic rings. The number of hydrogen-bond acceptors (Lipinski definition) is 4. The summed E-state index contributed by atoms with van der Waals surface area (Å²) in [6.07, 6.45) is 4.42. The molecule has 0 amide bonds. The molecule has 1 aliphatic heterocycles. The molecule has 0 unspecified atom stereocenters. The van der Waals surface area contributed by atoms with E-state index in [0.717, 1.165) is 18.8 Å². The largest absolute Gasteiger partial charge is 0.370 e. The van der Waals surface area contributed by atoms with Gasteiger partial charge in [0.05, 0.1) is 18.4 Å². The van der Waals surface area contributed by atoms with Crippen molar-refractivity contribution in [2.24, 2.45) is 0 Å². The first-order chi connectivity index (χ1) is 8.16. The molecule has 5 heteroatoms. The van der Waals surface area contributed by atoms with Crippen molar-refractivity contribution in [3.8, 4) is 0 Å². The van der Waals surface area contributed by atoms with Crippen LogP contribution in [-0.2, 0) is 11.3 Å². The fraction of sp³-hybridized carbons (Fsp3) is 0.583. The molecule has 5 nitrogen and oxygen atoms in total. The normalized spacial score (nSPS) is 15.2. The Balaban J connectivity index is 2.11. The van der Waals surface area contributed by atoms with Crippen molar-refractivity contribution in [3.63, 3.8) is 0 Å². The lowest BCUT2D eigenvalue weighted by Crippen LogP contribution is -2.26. The Hall–Kier alpha value is -1.65. The SMILES string of the molecule is CC(=O)CCn1ncc(N2CCCC2)cc1=O. The van der Waals surface area contributed by atoms with Gasteiger partial charge in [-0.1, -0.05) is 0 Å². The number of nitrogens with zero attached hydrogens (tertiary/aromatic N) is 3. The Morgan fingerprint density at radius 2 is 2.12 bits per heavy atom. The van der Waals surface area contributed by atoms with Crippen LogP contribution in [-0.4, -0.2) is 28.7 Å². The first-order valence-corrected chi connectivity index (χ1v) is 5.98. The lowest BCUT2D eigenvalue weighted by Gasteiger charge is -2.16. The lowest BCUT2D eigenvalue weighted by molar-refractivity contribution is -0.117. The number of Topliss-reactive ketones (excluding diaryl/α,β-unsaturated/α-hetero) is 1. The average molecular weight is 235 g/mol. The number of anilines is 1. The van der Waals surface area contributed by atoms with Crippen molar-refractivity contribution in [1.82, 2.24) is 9.78 Å². The molecule has 1 aromatic heterocycles. The fourth-order valence-corrected chi connectivity index (χ4v) is 2.00. The number of carbonyl (C=O) groups is 1. The highest BCUT2D eigenvalue weighted by atomic mass is 16.1. The topological polar surface area (TPSA) is 55.2 Å². The Labute approximate surface area is 100 Å². The molecule has 1 saturated heterocycles. The van der Waals surface area contributed by atoms with E-state index >= 15 is 0 Å². The predicted molar refractivity (Wildman–Crippen MR) is 65.2 cm³/mol. The molecule has 2 heterocycles. The van der Waals surface area contributed by atoms with E-state index in [1.54, 1.807) is 12.3 Å². The molecule has 0 saturated carbocycles. The van der Waals surface area contributed by atoms with Gasteiger partial charge in [0.1, 0.15) is 5.78 Å². The Morgan fingerprint density at radius 1 is 1.41 bits per heavy atom. The van der Waals surface area contributed by atoms with Crippen LogP contribution in [0.15, 0.2) is 17.1 Å². The molecule has 0 atom stereocenters. The summed E-state index contributed by atoms with van der Waals surface area (Å²) in [5.74, 6) is 0.0716. The van der Waals surface area contributed by atoms with E-state index in [9.17, 15) is 9.59 Å². The third kappa shape index (κ3) is 2.93. The van der Waals surface area contributed by atoms with Crippen molar-refractivity contribution in [3.05, 3.63) is 22.6 Å². The zero-order valence-corrected chi connectivity index (χ0v) is 10.1. The van der Waals surface area contributed by atoms with Gasteiger partial charge in [-0.25, -0.2) is 4.68 Å². The zero-order chi connectivity index (χ0) is 12.3. The lowest BCUT2D eigenvalue weighted by atomic mass is 10.3. The standard InChI is InChI=1S/C12H17N3O2/c1-10(16)4-7-15-12(17)8-11(9-13-15)14-5-2-3-6-14/h8-9H,2-7H2,1H3. The van der Waals surface area contributed by atoms with Crippen LogP contribution in [0.3, 0.4) is 0 Å². The maximum Gasteiger partial charge on any atom is 0.268 e. The summed E-state index contributed by atoms with van der Waals surface area (Å²) in [5.41, 5.74) is 0.766. The van der Waals surface area contributed by atoms with Gasteiger partial charge in [0.25, 0.3) is 5.56 Å². The van der Waals surface area contributed by atoms with Crippen LogP contribution in [0.25, 0.3) is 0 Å². The molecule has 0 radical (unpaired) electrons. The van der Waals surface area contributed by atoms with Gasteiger partial charge in [0.15, 0.2) is 0 Å². The van der Waals surface area contributed by atoms with Crippen LogP contribution >= 0.6 is 0 Å². The second-order valence-corrected chi connectivity index (χ2v) is 4.42. The van der Waals surface area contributed by atoms with E-state index in [1.165, 1.54) is 24.4 Å². The minimum absolute atomic E-state index is 0.0716. The van der Waals surface area contributed by atoms with Crippen LogP contribution < -0.4 is 10.5 Å². The number of rotatable bonds is 4. The molecule has 1 aliphatic rings. The van der Waals surface area contributed by atoms with E-state index in [1.807, 2.05) is 0 Å². The molecule has 2 rings (SSSR count). The van der Waals surface area contributed by atoms with Crippen molar-refractivity contribution >= 4 is 11.5 Å². The van der Waals surface area contributed by atoms with Gasteiger partial charge in [-0.05, 0) is 19.8 Å². The zero-order valence-electron chi connectivity index (χ0n) is 10.1. The molecule has 17 heavy (non-hydrogen) atoms. The second kappa shape index (κ2) is 5.12. The van der Waals surface area contributed by atoms with Crippen molar-refractivity contribution in [2.45, 2.75) is 32.7 Å². The number of aromatic nitrogens is 2. The Morgan fingerprint density at radius 3 is 2.71 bits per heavy atom. The molecule has 0 spiro atoms. The number of carbonyl (C=O) groups excluding carboxylic acids is 1. The van der Waals surface area contributed by atoms with Gasteiger partial charge < -0.3 is 4.90 Å². The smallest absolute Gasteiger partial charge is 0.268 e. The van der Waals surface area contributed by atoms with Crippen LogP contribution in [0, 0.1) is 0 Å². The molecule has 1 fully saturated rings. The number of hydrogen-bond donors (Lipinski definition) is 0. The Bertz CT molecular complexity index is 461. The second-order valence-electron chi connectivity index (χ2n) is 4.42. The quantitative estimate of drug-likeness (QED) is 0.775. The monoisotopic (exact) mass is 235 g/mol. The van der Waals surface area contributed by atoms with Gasteiger partial charge in [0.2, 0.25) is 0 Å². The van der Waals surface area contributed by atoms with E-state index in [2.05, 4.69) is 10.00 Å². The van der Waals surface area contributed by atoms with Gasteiger partial charge in [0, 0.05) is 25.6 Å². The molecule has 0 aliphatic carbocycles. The van der Waals surface area contributed by atoms with Crippen LogP contribution in [0.5, 0.6) is 0 Å². The van der Waals surface area contributed by atoms with Crippen molar-refractivity contribution in [1.29, 1.82) is 0 Å². The average Bonchev–Trinajstić information content (AvgIpc) is 2.80. The van der Waals surface area contributed by atoms with Crippen molar-refractivity contribution < 1.29 is 4.79 Å². The Kier molecular flexibility index (Phi) is 3.56. The summed E-state index contributed by atoms with van der Waals surface area (Å²) in [4.78, 5) is 24.8. The van der Waals surface area contributed by atoms with Crippen LogP contribution in [0.2, 0.25) is 0 Å². The van der Waals surface area contributed by atoms with E-state index in [0.29, 0.717) is 13.0 Å². The van der Waals surface area contributed by atoms with Gasteiger partial charge in [-0.15, -0.1) is 0 Å². The third-order valence-corrected chi connectivity index (χ3v) is 3.00. The molecule has 0 N–H and O–H groups in total. The van der Waals surface area contributed by atoms with E-state index < -0.39 is 0 Å². The number of aryl methyl sites for hydroxylation is 1. The predicted octanol–water partition coefficient (Wildman–Crippen LogP) is 0.823. The summed E-state index contributed by atoms with van der Waals surface area (Å²) >= 11 is 0. The van der Waals surface area contributed by atoms with Gasteiger partial charge in [-0.3, -0.25) is 9.59 Å². The minimum atomic E-state index is -0.129. The molecular weight excluding hydrogens is 218 g/mol. The van der Waals surface area contributed by atoms with E-state index in [4.69, 9.17) is 0 Å². The summed E-state index contributed by atoms with van der Waals surface area (Å²) in [5, 5.41) is 4.11. The molecular formula is C12H17N3O2. The highest BCUT2D eigenvalue weighted by molar-refractivity contribution is 5.75.